The first kappa shape index (κ1) is 39.9. The molecule has 4 amide bonds. The summed E-state index contributed by atoms with van der Waals surface area (Å²) in [6.45, 7) is 8.81. The maximum absolute atomic E-state index is 13.8. The van der Waals surface area contributed by atoms with Crippen LogP contribution in [0.2, 0.25) is 0 Å². The largest absolute Gasteiger partial charge is 0.390 e. The van der Waals surface area contributed by atoms with Crippen molar-refractivity contribution in [3.63, 3.8) is 0 Å². The number of carbonyl (C=O) groups is 4. The van der Waals surface area contributed by atoms with Crippen molar-refractivity contribution in [1.29, 1.82) is 0 Å². The first-order chi connectivity index (χ1) is 24.3. The van der Waals surface area contributed by atoms with Crippen molar-refractivity contribution in [2.45, 2.75) is 115 Å². The zero-order chi connectivity index (χ0) is 37.0. The number of likely N-dealkylation sites (tertiary alicyclic amines) is 1. The Kier molecular flexibility index (Phi) is 15.0. The van der Waals surface area contributed by atoms with Gasteiger partial charge in [0.1, 0.15) is 6.04 Å². The fourth-order valence-corrected chi connectivity index (χ4v) is 7.16. The number of hydrogen-bond acceptors (Lipinski definition) is 8. The lowest BCUT2D eigenvalue weighted by Gasteiger charge is -2.47. The number of piperidine rings is 1. The minimum atomic E-state index is -1.27. The summed E-state index contributed by atoms with van der Waals surface area (Å²) in [6, 6.07) is 15.9. The van der Waals surface area contributed by atoms with Crippen LogP contribution in [0.3, 0.4) is 0 Å². The summed E-state index contributed by atoms with van der Waals surface area (Å²) in [5, 5.41) is 23.5. The molecule has 1 aliphatic carbocycles. The number of primary amides is 1. The fraction of sp³-hybridized carbons (Fsp3) is 0.590. The second-order valence-corrected chi connectivity index (χ2v) is 15.3. The predicted molar refractivity (Wildman–Crippen MR) is 196 cm³/mol. The molecule has 0 spiro atoms. The number of aliphatic hydroxyl groups excluding tert-OH is 1. The zero-order valence-electron chi connectivity index (χ0n) is 30.6. The molecule has 0 bridgehead atoms. The van der Waals surface area contributed by atoms with Gasteiger partial charge in [-0.3, -0.25) is 29.4 Å². The van der Waals surface area contributed by atoms with E-state index in [4.69, 9.17) is 10.5 Å². The Morgan fingerprint density at radius 3 is 2.18 bits per heavy atom. The van der Waals surface area contributed by atoms with E-state index < -0.39 is 60.0 Å². The molecule has 1 aliphatic heterocycles. The molecule has 2 aromatic rings. The number of β-amino-alcohol motifs (C(OH)–C–C–N with tert-alkyl or cyclic N) is 1. The predicted octanol–water partition coefficient (Wildman–Crippen LogP) is 2.38. The van der Waals surface area contributed by atoms with Crippen LogP contribution in [0.5, 0.6) is 0 Å². The van der Waals surface area contributed by atoms with E-state index in [9.17, 15) is 24.3 Å². The van der Waals surface area contributed by atoms with Crippen molar-refractivity contribution in [2.24, 2.45) is 17.6 Å². The third-order valence-corrected chi connectivity index (χ3v) is 9.85. The molecule has 1 heterocycles. The van der Waals surface area contributed by atoms with Gasteiger partial charge in [0.15, 0.2) is 0 Å². The lowest BCUT2D eigenvalue weighted by molar-refractivity contribution is -0.134. The van der Waals surface area contributed by atoms with Gasteiger partial charge in [0.25, 0.3) is 0 Å². The summed E-state index contributed by atoms with van der Waals surface area (Å²) in [4.78, 5) is 54.7. The topological polar surface area (TPSA) is 175 Å². The molecule has 0 radical (unpaired) electrons. The van der Waals surface area contributed by atoms with Gasteiger partial charge < -0.3 is 31.5 Å². The Hall–Kier alpha value is -3.84. The van der Waals surface area contributed by atoms with E-state index in [-0.39, 0.29) is 19.2 Å². The molecule has 12 heteroatoms. The van der Waals surface area contributed by atoms with Gasteiger partial charge >= 0.3 is 0 Å². The summed E-state index contributed by atoms with van der Waals surface area (Å²) in [6.07, 6.45) is 4.06. The maximum atomic E-state index is 13.8. The summed E-state index contributed by atoms with van der Waals surface area (Å²) < 4.78 is 5.63. The summed E-state index contributed by atoms with van der Waals surface area (Å²) in [5.74, 6) is -1.05. The van der Waals surface area contributed by atoms with Crippen LogP contribution in [-0.4, -0.2) is 89.3 Å². The lowest BCUT2D eigenvalue weighted by Crippen LogP contribution is -2.61. The van der Waals surface area contributed by atoms with Crippen LogP contribution in [0.25, 0.3) is 0 Å². The molecule has 12 nitrogen and oxygen atoms in total. The van der Waals surface area contributed by atoms with Crippen molar-refractivity contribution >= 4 is 23.6 Å². The molecule has 2 fully saturated rings. The number of nitrogens with one attached hydrogen (secondary N) is 4. The number of ether oxygens (including phenoxy) is 1. The van der Waals surface area contributed by atoms with Crippen LogP contribution in [0.1, 0.15) is 77.3 Å². The molecule has 1 saturated carbocycles. The highest BCUT2D eigenvalue weighted by atomic mass is 16.5. The molecule has 2 aromatic carbocycles. The Labute approximate surface area is 302 Å². The van der Waals surface area contributed by atoms with Crippen LogP contribution < -0.4 is 27.0 Å². The molecule has 1 saturated heterocycles. The molecule has 0 aromatic heterocycles. The van der Waals surface area contributed by atoms with Crippen LogP contribution >= 0.6 is 0 Å². The molecule has 280 valence electrons. The van der Waals surface area contributed by atoms with Gasteiger partial charge in [0.05, 0.1) is 44.0 Å². The summed E-state index contributed by atoms with van der Waals surface area (Å²) in [7, 11) is 0. The SMILES string of the molecule is CC(NCOCc1ccccc1)C(=O)NC(CC(N)=O)C(=O)N[C@@H](Cc1ccccc1)[C@@H](O)CN1CC2CCCCC2C[C@H]1C(=O)NC(C)(C)C. The fourth-order valence-electron chi connectivity index (χ4n) is 7.16. The molecule has 4 rings (SSSR count). The lowest BCUT2D eigenvalue weighted by atomic mass is 9.72. The van der Waals surface area contributed by atoms with Crippen molar-refractivity contribution in [3.05, 3.63) is 71.8 Å². The molecular formula is C39H58N6O6. The number of carbonyl (C=O) groups excluding carboxylic acids is 4. The Morgan fingerprint density at radius 1 is 0.922 bits per heavy atom. The van der Waals surface area contributed by atoms with Crippen LogP contribution in [0.4, 0.5) is 0 Å². The summed E-state index contributed by atoms with van der Waals surface area (Å²) >= 11 is 0. The first-order valence-electron chi connectivity index (χ1n) is 18.3. The van der Waals surface area contributed by atoms with Crippen molar-refractivity contribution in [1.82, 2.24) is 26.2 Å². The van der Waals surface area contributed by atoms with E-state index in [0.29, 0.717) is 31.4 Å². The zero-order valence-corrected chi connectivity index (χ0v) is 30.6. The van der Waals surface area contributed by atoms with E-state index >= 15 is 0 Å². The van der Waals surface area contributed by atoms with Crippen molar-refractivity contribution in [3.8, 4) is 0 Å². The van der Waals surface area contributed by atoms with Gasteiger partial charge in [0, 0.05) is 18.6 Å². The molecular weight excluding hydrogens is 648 g/mol. The third kappa shape index (κ3) is 13.0. The maximum Gasteiger partial charge on any atom is 0.243 e. The van der Waals surface area contributed by atoms with Gasteiger partial charge in [-0.1, -0.05) is 79.9 Å². The minimum Gasteiger partial charge on any atom is -0.390 e. The van der Waals surface area contributed by atoms with Crippen LogP contribution in [0, 0.1) is 11.8 Å². The standard InChI is InChI=1S/C39H58N6O6/c1-26(41-25-51-24-28-15-9-6-10-16-28)36(48)43-32(21-35(40)47)37(49)42-31(19-27-13-7-5-8-14-27)34(46)23-45-22-30-18-12-11-17-29(30)20-33(45)38(50)44-39(2,3)4/h5-10,13-16,26,29-34,41,46H,11-12,17-25H2,1-4H3,(H2,40,47)(H,42,49)(H,43,48)(H,44,50)/t26?,29?,30?,31-,32?,33-,34-/m0/s1. The molecule has 51 heavy (non-hydrogen) atoms. The molecule has 7 atom stereocenters. The molecule has 4 unspecified atom stereocenters. The monoisotopic (exact) mass is 706 g/mol. The number of nitrogens with zero attached hydrogens (tertiary/aromatic N) is 1. The van der Waals surface area contributed by atoms with E-state index in [2.05, 4.69) is 26.2 Å². The van der Waals surface area contributed by atoms with Crippen molar-refractivity contribution in [2.75, 3.05) is 19.8 Å². The normalized spacial score (nSPS) is 21.7. The quantitative estimate of drug-likeness (QED) is 0.107. The van der Waals surface area contributed by atoms with E-state index in [1.165, 1.54) is 6.42 Å². The average Bonchev–Trinajstić information content (AvgIpc) is 3.09. The Bertz CT molecular complexity index is 1420. The van der Waals surface area contributed by atoms with Crippen LogP contribution in [0.15, 0.2) is 60.7 Å². The number of amides is 4. The third-order valence-electron chi connectivity index (χ3n) is 9.85. The number of hydrogen-bond donors (Lipinski definition) is 6. The first-order valence-corrected chi connectivity index (χ1v) is 18.3. The number of aliphatic hydroxyl groups is 1. The van der Waals surface area contributed by atoms with Crippen LogP contribution in [-0.2, 0) is 36.9 Å². The number of nitrogens with two attached hydrogens (primary N) is 1. The van der Waals surface area contributed by atoms with Gasteiger partial charge in [-0.15, -0.1) is 0 Å². The Morgan fingerprint density at radius 2 is 1.55 bits per heavy atom. The van der Waals surface area contributed by atoms with Gasteiger partial charge in [-0.05, 0) is 69.9 Å². The van der Waals surface area contributed by atoms with Gasteiger partial charge in [0.2, 0.25) is 23.6 Å². The van der Waals surface area contributed by atoms with E-state index in [1.54, 1.807) is 6.92 Å². The van der Waals surface area contributed by atoms with Crippen molar-refractivity contribution < 1.29 is 29.0 Å². The highest BCUT2D eigenvalue weighted by Crippen LogP contribution is 2.39. The highest BCUT2D eigenvalue weighted by molar-refractivity contribution is 5.93. The van der Waals surface area contributed by atoms with Gasteiger partial charge in [-0.2, -0.15) is 0 Å². The average molecular weight is 707 g/mol. The van der Waals surface area contributed by atoms with E-state index in [1.807, 2.05) is 81.4 Å². The van der Waals surface area contributed by atoms with Gasteiger partial charge in [-0.25, -0.2) is 0 Å². The second kappa shape index (κ2) is 19.1. The second-order valence-electron chi connectivity index (χ2n) is 15.3. The minimum absolute atomic E-state index is 0.0557. The summed E-state index contributed by atoms with van der Waals surface area (Å²) in [5.41, 5.74) is 6.99. The van der Waals surface area contributed by atoms with E-state index in [0.717, 1.165) is 36.8 Å². The Balaban J connectivity index is 1.45. The number of rotatable bonds is 17. The number of benzene rings is 2. The number of fused-ring (bicyclic) bond motifs is 1. The smallest absolute Gasteiger partial charge is 0.243 e. The molecule has 2 aliphatic rings. The highest BCUT2D eigenvalue weighted by Gasteiger charge is 2.42. The molecule has 7 N–H and O–H groups in total.